The highest BCUT2D eigenvalue weighted by molar-refractivity contribution is 5.68. The molecule has 18 heavy (non-hydrogen) atoms. The summed E-state index contributed by atoms with van der Waals surface area (Å²) in [5.74, 6) is 0. The Hall–Kier alpha value is -0.770. The number of amides is 1. The van der Waals surface area contributed by atoms with Crippen LogP contribution in [-0.4, -0.2) is 29.8 Å². The molecule has 0 aliphatic heterocycles. The molecule has 0 saturated heterocycles. The minimum absolute atomic E-state index is 0.268. The summed E-state index contributed by atoms with van der Waals surface area (Å²) in [7, 11) is 0. The van der Waals surface area contributed by atoms with Gasteiger partial charge in [0.1, 0.15) is 5.60 Å². The second-order valence-electron chi connectivity index (χ2n) is 6.65. The monoisotopic (exact) mass is 254 g/mol. The van der Waals surface area contributed by atoms with Gasteiger partial charge in [-0.05, 0) is 59.3 Å². The highest BCUT2D eigenvalue weighted by Gasteiger charge is 2.29. The maximum absolute atomic E-state index is 11.7. The van der Waals surface area contributed by atoms with Crippen LogP contribution < -0.4 is 10.6 Å². The van der Waals surface area contributed by atoms with Gasteiger partial charge in [-0.1, -0.05) is 0 Å². The highest BCUT2D eigenvalue weighted by atomic mass is 16.6. The molecule has 1 amide bonds. The SMILES string of the molecule is CC(C)(C)OC(=O)N[C@H]1CCC[C@@H](NC2CC2)C1. The van der Waals surface area contributed by atoms with Gasteiger partial charge in [0.2, 0.25) is 0 Å². The normalized spacial score (nSPS) is 28.8. The third-order valence-electron chi connectivity index (χ3n) is 3.44. The van der Waals surface area contributed by atoms with E-state index in [9.17, 15) is 4.79 Å². The number of ether oxygens (including phenoxy) is 1. The van der Waals surface area contributed by atoms with Gasteiger partial charge in [0.05, 0.1) is 0 Å². The summed E-state index contributed by atoms with van der Waals surface area (Å²) in [5.41, 5.74) is -0.412. The van der Waals surface area contributed by atoms with Crippen molar-refractivity contribution in [3.8, 4) is 0 Å². The summed E-state index contributed by atoms with van der Waals surface area (Å²) in [4.78, 5) is 11.7. The number of carbonyl (C=O) groups is 1. The lowest BCUT2D eigenvalue weighted by Gasteiger charge is -2.31. The van der Waals surface area contributed by atoms with Crippen molar-refractivity contribution < 1.29 is 9.53 Å². The molecule has 0 heterocycles. The smallest absolute Gasteiger partial charge is 0.407 e. The molecule has 4 heteroatoms. The molecule has 0 aromatic heterocycles. The summed E-state index contributed by atoms with van der Waals surface area (Å²) < 4.78 is 5.30. The first kappa shape index (κ1) is 13.7. The number of hydrogen-bond donors (Lipinski definition) is 2. The topological polar surface area (TPSA) is 50.4 Å². The van der Waals surface area contributed by atoms with Gasteiger partial charge in [-0.25, -0.2) is 4.79 Å². The quantitative estimate of drug-likeness (QED) is 0.814. The van der Waals surface area contributed by atoms with Gasteiger partial charge < -0.3 is 15.4 Å². The van der Waals surface area contributed by atoms with E-state index in [1.54, 1.807) is 0 Å². The Kier molecular flexibility index (Phi) is 4.15. The van der Waals surface area contributed by atoms with Gasteiger partial charge in [-0.3, -0.25) is 0 Å². The van der Waals surface area contributed by atoms with Crippen LogP contribution in [0.4, 0.5) is 4.79 Å². The van der Waals surface area contributed by atoms with Crippen molar-refractivity contribution >= 4 is 6.09 Å². The first-order valence-electron chi connectivity index (χ1n) is 7.18. The van der Waals surface area contributed by atoms with Crippen LogP contribution in [0.3, 0.4) is 0 Å². The van der Waals surface area contributed by atoms with E-state index in [4.69, 9.17) is 4.74 Å². The molecule has 0 aromatic carbocycles. The minimum atomic E-state index is -0.412. The molecule has 2 fully saturated rings. The van der Waals surface area contributed by atoms with Crippen molar-refractivity contribution in [3.63, 3.8) is 0 Å². The molecule has 2 aliphatic rings. The van der Waals surface area contributed by atoms with Crippen LogP contribution in [0.2, 0.25) is 0 Å². The van der Waals surface area contributed by atoms with Crippen LogP contribution in [0.1, 0.15) is 59.3 Å². The number of alkyl carbamates (subject to hydrolysis) is 1. The minimum Gasteiger partial charge on any atom is -0.444 e. The summed E-state index contributed by atoms with van der Waals surface area (Å²) in [6, 6.07) is 1.59. The van der Waals surface area contributed by atoms with E-state index in [1.807, 2.05) is 20.8 Å². The van der Waals surface area contributed by atoms with Crippen LogP contribution >= 0.6 is 0 Å². The molecule has 0 aromatic rings. The van der Waals surface area contributed by atoms with Crippen molar-refractivity contribution in [2.24, 2.45) is 0 Å². The zero-order valence-electron chi connectivity index (χ0n) is 11.8. The maximum atomic E-state index is 11.7. The Morgan fingerprint density at radius 3 is 2.33 bits per heavy atom. The molecule has 0 radical (unpaired) electrons. The lowest BCUT2D eigenvalue weighted by Crippen LogP contribution is -2.46. The third kappa shape index (κ3) is 4.84. The summed E-state index contributed by atoms with van der Waals surface area (Å²) in [6.45, 7) is 5.68. The Bertz CT molecular complexity index is 295. The zero-order valence-corrected chi connectivity index (χ0v) is 11.8. The molecular weight excluding hydrogens is 228 g/mol. The van der Waals surface area contributed by atoms with Crippen molar-refractivity contribution in [1.29, 1.82) is 0 Å². The average Bonchev–Trinajstić information content (AvgIpc) is 2.98. The molecular formula is C14H26N2O2. The predicted octanol–water partition coefficient (Wildman–Crippen LogP) is 2.57. The van der Waals surface area contributed by atoms with E-state index < -0.39 is 5.60 Å². The van der Waals surface area contributed by atoms with Crippen LogP contribution in [-0.2, 0) is 4.74 Å². The van der Waals surface area contributed by atoms with E-state index in [2.05, 4.69) is 10.6 Å². The number of rotatable bonds is 3. The molecule has 2 saturated carbocycles. The Morgan fingerprint density at radius 1 is 1.06 bits per heavy atom. The van der Waals surface area contributed by atoms with Gasteiger partial charge in [-0.15, -0.1) is 0 Å². The van der Waals surface area contributed by atoms with Crippen molar-refractivity contribution in [1.82, 2.24) is 10.6 Å². The molecule has 4 nitrogen and oxygen atoms in total. The molecule has 2 aliphatic carbocycles. The van der Waals surface area contributed by atoms with Crippen LogP contribution in [0, 0.1) is 0 Å². The van der Waals surface area contributed by atoms with Crippen LogP contribution in [0.25, 0.3) is 0 Å². The van der Waals surface area contributed by atoms with E-state index in [0.717, 1.165) is 18.9 Å². The maximum Gasteiger partial charge on any atom is 0.407 e. The fraction of sp³-hybridized carbons (Fsp3) is 0.929. The van der Waals surface area contributed by atoms with E-state index >= 15 is 0 Å². The van der Waals surface area contributed by atoms with Crippen molar-refractivity contribution in [3.05, 3.63) is 0 Å². The second kappa shape index (κ2) is 5.47. The summed E-state index contributed by atoms with van der Waals surface area (Å²) in [6.07, 6.45) is 6.90. The van der Waals surface area contributed by atoms with Gasteiger partial charge in [0.25, 0.3) is 0 Å². The molecule has 0 unspecified atom stereocenters. The average molecular weight is 254 g/mol. The lowest BCUT2D eigenvalue weighted by molar-refractivity contribution is 0.0488. The summed E-state index contributed by atoms with van der Waals surface area (Å²) in [5, 5.41) is 6.65. The number of nitrogens with one attached hydrogen (secondary N) is 2. The third-order valence-corrected chi connectivity index (χ3v) is 3.44. The first-order chi connectivity index (χ1) is 8.42. The van der Waals surface area contributed by atoms with E-state index in [0.29, 0.717) is 6.04 Å². The fourth-order valence-corrected chi connectivity index (χ4v) is 2.53. The van der Waals surface area contributed by atoms with E-state index in [1.165, 1.54) is 25.7 Å². The molecule has 2 atom stereocenters. The van der Waals surface area contributed by atoms with Crippen molar-refractivity contribution in [2.75, 3.05) is 0 Å². The van der Waals surface area contributed by atoms with Crippen LogP contribution in [0.15, 0.2) is 0 Å². The molecule has 2 rings (SSSR count). The summed E-state index contributed by atoms with van der Waals surface area (Å²) >= 11 is 0. The predicted molar refractivity (Wildman–Crippen MR) is 71.6 cm³/mol. The van der Waals surface area contributed by atoms with Crippen molar-refractivity contribution in [2.45, 2.75) is 83.0 Å². The van der Waals surface area contributed by atoms with E-state index in [-0.39, 0.29) is 12.1 Å². The van der Waals surface area contributed by atoms with Gasteiger partial charge in [0.15, 0.2) is 0 Å². The Labute approximate surface area is 110 Å². The Balaban J connectivity index is 1.72. The first-order valence-corrected chi connectivity index (χ1v) is 7.18. The molecule has 0 spiro atoms. The Morgan fingerprint density at radius 2 is 1.72 bits per heavy atom. The zero-order chi connectivity index (χ0) is 13.2. The van der Waals surface area contributed by atoms with Gasteiger partial charge in [0, 0.05) is 18.1 Å². The highest BCUT2D eigenvalue weighted by Crippen LogP contribution is 2.25. The van der Waals surface area contributed by atoms with Gasteiger partial charge in [-0.2, -0.15) is 0 Å². The molecule has 104 valence electrons. The fourth-order valence-electron chi connectivity index (χ4n) is 2.53. The molecule has 0 bridgehead atoms. The van der Waals surface area contributed by atoms with Gasteiger partial charge >= 0.3 is 6.09 Å². The standard InChI is InChI=1S/C14H26N2O2/c1-14(2,3)18-13(17)16-12-6-4-5-11(9-12)15-10-7-8-10/h10-12,15H,4-9H2,1-3H3,(H,16,17)/t11-,12+/m1/s1. The lowest BCUT2D eigenvalue weighted by atomic mass is 9.91. The second-order valence-corrected chi connectivity index (χ2v) is 6.65. The number of hydrogen-bond acceptors (Lipinski definition) is 3. The van der Waals surface area contributed by atoms with Crippen LogP contribution in [0.5, 0.6) is 0 Å². The molecule has 2 N–H and O–H groups in total. The number of carbonyl (C=O) groups excluding carboxylic acids is 1. The largest absolute Gasteiger partial charge is 0.444 e.